The summed E-state index contributed by atoms with van der Waals surface area (Å²) in [7, 11) is 0. The molecule has 1 atom stereocenters. The van der Waals surface area contributed by atoms with Crippen LogP contribution in [0.4, 0.5) is 0 Å². The molecule has 0 spiro atoms. The normalized spacial score (nSPS) is 12.3. The lowest BCUT2D eigenvalue weighted by Crippen LogP contribution is -2.28. The largest absolute Gasteiger partial charge is 0.349 e. The first-order chi connectivity index (χ1) is 14.3. The predicted molar refractivity (Wildman–Crippen MR) is 119 cm³/mol. The number of hydrogen-bond donors (Lipinski definition) is 1. The van der Waals surface area contributed by atoms with Crippen molar-refractivity contribution in [2.75, 3.05) is 0 Å². The zero-order valence-electron chi connectivity index (χ0n) is 16.9. The topological polar surface area (TPSA) is 64.2 Å². The Bertz CT molecular complexity index is 1230. The molecule has 154 valence electrons. The second-order valence-electron chi connectivity index (χ2n) is 7.37. The van der Waals surface area contributed by atoms with E-state index >= 15 is 0 Å². The van der Waals surface area contributed by atoms with Crippen molar-refractivity contribution < 1.29 is 4.79 Å². The van der Waals surface area contributed by atoms with Gasteiger partial charge in [0.05, 0.1) is 39.6 Å². The maximum atomic E-state index is 12.5. The van der Waals surface area contributed by atoms with Crippen molar-refractivity contribution in [2.45, 2.75) is 33.2 Å². The van der Waals surface area contributed by atoms with E-state index in [-0.39, 0.29) is 18.4 Å². The van der Waals surface area contributed by atoms with E-state index in [4.69, 9.17) is 23.2 Å². The van der Waals surface area contributed by atoms with Gasteiger partial charge in [0.15, 0.2) is 5.65 Å². The van der Waals surface area contributed by atoms with Gasteiger partial charge in [-0.25, -0.2) is 9.67 Å². The molecule has 0 aliphatic carbocycles. The molecular formula is C22H21Cl2N5O. The summed E-state index contributed by atoms with van der Waals surface area (Å²) in [5.41, 5.74) is 5.27. The third-order valence-electron chi connectivity index (χ3n) is 4.89. The number of hydrogen-bond acceptors (Lipinski definition) is 3. The van der Waals surface area contributed by atoms with E-state index in [0.717, 1.165) is 22.6 Å². The van der Waals surface area contributed by atoms with Gasteiger partial charge in [-0.2, -0.15) is 5.10 Å². The Morgan fingerprint density at radius 3 is 2.53 bits per heavy atom. The Morgan fingerprint density at radius 1 is 1.13 bits per heavy atom. The number of imidazole rings is 1. The van der Waals surface area contributed by atoms with E-state index in [9.17, 15) is 4.79 Å². The molecule has 0 bridgehead atoms. The van der Waals surface area contributed by atoms with Crippen LogP contribution in [0.2, 0.25) is 10.0 Å². The number of aromatic nitrogens is 4. The quantitative estimate of drug-likeness (QED) is 0.480. The zero-order chi connectivity index (χ0) is 21.4. The molecule has 0 aliphatic rings. The number of pyridine rings is 1. The fraction of sp³-hybridized carbons (Fsp3) is 0.227. The second kappa shape index (κ2) is 8.13. The summed E-state index contributed by atoms with van der Waals surface area (Å²) >= 11 is 12.2. The molecule has 1 N–H and O–H groups in total. The highest BCUT2D eigenvalue weighted by atomic mass is 35.5. The predicted octanol–water partition coefficient (Wildman–Crippen LogP) is 4.86. The van der Waals surface area contributed by atoms with Crippen LogP contribution in [-0.2, 0) is 11.2 Å². The first kappa shape index (κ1) is 20.4. The number of halogens is 2. The minimum absolute atomic E-state index is 0.115. The summed E-state index contributed by atoms with van der Waals surface area (Å²) in [5.74, 6) is -0.115. The molecule has 3 heterocycles. The SMILES string of the molecule is Cc1cc(C)n(-c2ccc([C@@H](C)NC(=O)Cc3cn4cc(Cl)cc(Cl)c4n3)cc2)n1. The number of amides is 1. The number of aryl methyl sites for hydroxylation is 2. The summed E-state index contributed by atoms with van der Waals surface area (Å²) in [6.45, 7) is 5.95. The number of nitrogens with zero attached hydrogens (tertiary/aromatic N) is 4. The van der Waals surface area contributed by atoms with Gasteiger partial charge in [0, 0.05) is 18.1 Å². The number of benzene rings is 1. The lowest BCUT2D eigenvalue weighted by atomic mass is 10.1. The van der Waals surface area contributed by atoms with E-state index in [1.165, 1.54) is 0 Å². The molecule has 4 aromatic rings. The summed E-state index contributed by atoms with van der Waals surface area (Å²) in [5, 5.41) is 8.48. The number of carbonyl (C=O) groups excluding carboxylic acids is 1. The average Bonchev–Trinajstić information content (AvgIpc) is 3.23. The van der Waals surface area contributed by atoms with Crippen LogP contribution in [0.15, 0.2) is 48.8 Å². The highest BCUT2D eigenvalue weighted by Crippen LogP contribution is 2.22. The number of carbonyl (C=O) groups is 1. The fourth-order valence-electron chi connectivity index (χ4n) is 3.50. The van der Waals surface area contributed by atoms with E-state index < -0.39 is 0 Å². The van der Waals surface area contributed by atoms with E-state index in [1.807, 2.05) is 55.8 Å². The lowest BCUT2D eigenvalue weighted by Gasteiger charge is -2.15. The number of rotatable bonds is 5. The molecule has 4 rings (SSSR count). The summed E-state index contributed by atoms with van der Waals surface area (Å²) in [6, 6.07) is 11.6. The van der Waals surface area contributed by atoms with Crippen molar-refractivity contribution >= 4 is 34.8 Å². The average molecular weight is 442 g/mol. The molecule has 1 amide bonds. The Morgan fingerprint density at radius 2 is 1.87 bits per heavy atom. The van der Waals surface area contributed by atoms with Crippen molar-refractivity contribution in [3.63, 3.8) is 0 Å². The molecule has 30 heavy (non-hydrogen) atoms. The first-order valence-corrected chi connectivity index (χ1v) is 10.3. The van der Waals surface area contributed by atoms with Crippen LogP contribution in [0.3, 0.4) is 0 Å². The lowest BCUT2D eigenvalue weighted by molar-refractivity contribution is -0.121. The molecule has 1 aromatic carbocycles. The van der Waals surface area contributed by atoms with Crippen LogP contribution in [0, 0.1) is 13.8 Å². The highest BCUT2D eigenvalue weighted by Gasteiger charge is 2.14. The molecular weight excluding hydrogens is 421 g/mol. The van der Waals surface area contributed by atoms with Gasteiger partial charge in [-0.1, -0.05) is 35.3 Å². The minimum atomic E-state index is -0.137. The van der Waals surface area contributed by atoms with Gasteiger partial charge >= 0.3 is 0 Å². The van der Waals surface area contributed by atoms with E-state index in [2.05, 4.69) is 15.4 Å². The van der Waals surface area contributed by atoms with Crippen LogP contribution in [0.25, 0.3) is 11.3 Å². The Kier molecular flexibility index (Phi) is 5.54. The molecule has 3 aromatic heterocycles. The molecule has 8 heteroatoms. The van der Waals surface area contributed by atoms with Crippen molar-refractivity contribution in [3.8, 4) is 5.69 Å². The van der Waals surface area contributed by atoms with Gasteiger partial charge in [-0.15, -0.1) is 0 Å². The molecule has 0 radical (unpaired) electrons. The third-order valence-corrected chi connectivity index (χ3v) is 5.37. The van der Waals surface area contributed by atoms with Crippen LogP contribution < -0.4 is 5.32 Å². The van der Waals surface area contributed by atoms with Gasteiger partial charge in [0.2, 0.25) is 5.91 Å². The standard InChI is InChI=1S/C22H21Cl2N5O/c1-13-8-14(2)29(27-13)19-6-4-16(5-7-19)15(3)25-21(30)10-18-12-28-11-17(23)9-20(24)22(28)26-18/h4-9,11-12,15H,10H2,1-3H3,(H,25,30)/t15-/m1/s1. The second-order valence-corrected chi connectivity index (χ2v) is 8.21. The van der Waals surface area contributed by atoms with Crippen LogP contribution >= 0.6 is 23.2 Å². The molecule has 0 saturated heterocycles. The van der Waals surface area contributed by atoms with E-state index in [1.54, 1.807) is 22.9 Å². The summed E-state index contributed by atoms with van der Waals surface area (Å²) < 4.78 is 3.64. The zero-order valence-corrected chi connectivity index (χ0v) is 18.4. The highest BCUT2D eigenvalue weighted by molar-refractivity contribution is 6.36. The van der Waals surface area contributed by atoms with Crippen molar-refractivity contribution in [1.29, 1.82) is 0 Å². The van der Waals surface area contributed by atoms with Gasteiger partial charge in [-0.3, -0.25) is 4.79 Å². The Labute approximate surface area is 184 Å². The smallest absolute Gasteiger partial charge is 0.226 e. The van der Waals surface area contributed by atoms with Crippen LogP contribution in [-0.4, -0.2) is 25.1 Å². The van der Waals surface area contributed by atoms with Crippen molar-refractivity contribution in [3.05, 3.63) is 81.5 Å². The molecule has 0 fully saturated rings. The van der Waals surface area contributed by atoms with Gasteiger partial charge in [0.25, 0.3) is 0 Å². The van der Waals surface area contributed by atoms with Crippen molar-refractivity contribution in [1.82, 2.24) is 24.5 Å². The van der Waals surface area contributed by atoms with Gasteiger partial charge in [0.1, 0.15) is 0 Å². The molecule has 0 saturated carbocycles. The molecule has 0 unspecified atom stereocenters. The molecule has 0 aliphatic heterocycles. The summed E-state index contributed by atoms with van der Waals surface area (Å²) in [6.07, 6.45) is 3.63. The monoisotopic (exact) mass is 441 g/mol. The fourth-order valence-corrected chi connectivity index (χ4v) is 4.02. The van der Waals surface area contributed by atoms with E-state index in [0.29, 0.717) is 21.4 Å². The minimum Gasteiger partial charge on any atom is -0.349 e. The first-order valence-electron chi connectivity index (χ1n) is 9.56. The maximum Gasteiger partial charge on any atom is 0.226 e. The molecule has 6 nitrogen and oxygen atoms in total. The van der Waals surface area contributed by atoms with Crippen molar-refractivity contribution in [2.24, 2.45) is 0 Å². The number of nitrogens with one attached hydrogen (secondary N) is 1. The van der Waals surface area contributed by atoms with Gasteiger partial charge < -0.3 is 9.72 Å². The van der Waals surface area contributed by atoms with Gasteiger partial charge in [-0.05, 0) is 50.6 Å². The summed E-state index contributed by atoms with van der Waals surface area (Å²) in [4.78, 5) is 17.0. The maximum absolute atomic E-state index is 12.5. The Hall–Kier alpha value is -2.83. The van der Waals surface area contributed by atoms with Crippen LogP contribution in [0.5, 0.6) is 0 Å². The van der Waals surface area contributed by atoms with Crippen LogP contribution in [0.1, 0.15) is 35.6 Å². The number of fused-ring (bicyclic) bond motifs is 1. The third kappa shape index (κ3) is 4.20. The Balaban J connectivity index is 1.43.